The summed E-state index contributed by atoms with van der Waals surface area (Å²) in [6.07, 6.45) is 1.56. The standard InChI is InChI=1S/C28H31BrN2O4/c1-5-33-26-17-21(18-30-31-28(32)22-9-7-6-8-10-22)16-24(29)27(26)35-14-13-34-25-15-20(4)11-12-23(25)19(2)3/h6-12,15-19H,5,13-14H2,1-4H3,(H,31,32)/b30-18-. The Kier molecular flexibility index (Phi) is 9.73. The van der Waals surface area contributed by atoms with Crippen LogP contribution in [0.2, 0.25) is 0 Å². The highest BCUT2D eigenvalue weighted by atomic mass is 79.9. The van der Waals surface area contributed by atoms with Crippen LogP contribution in [0.25, 0.3) is 0 Å². The maximum absolute atomic E-state index is 12.2. The molecule has 1 amide bonds. The summed E-state index contributed by atoms with van der Waals surface area (Å²) < 4.78 is 18.6. The topological polar surface area (TPSA) is 69.2 Å². The molecule has 7 heteroatoms. The number of hydrazone groups is 1. The van der Waals surface area contributed by atoms with E-state index in [-0.39, 0.29) is 5.91 Å². The molecule has 0 saturated carbocycles. The largest absolute Gasteiger partial charge is 0.490 e. The lowest BCUT2D eigenvalue weighted by Gasteiger charge is -2.17. The molecule has 0 aliphatic heterocycles. The van der Waals surface area contributed by atoms with Gasteiger partial charge in [0.2, 0.25) is 0 Å². The van der Waals surface area contributed by atoms with Gasteiger partial charge in [-0.1, -0.05) is 44.2 Å². The number of carbonyl (C=O) groups is 1. The van der Waals surface area contributed by atoms with Crippen LogP contribution < -0.4 is 19.6 Å². The van der Waals surface area contributed by atoms with Gasteiger partial charge in [-0.2, -0.15) is 5.10 Å². The monoisotopic (exact) mass is 538 g/mol. The zero-order valence-corrected chi connectivity index (χ0v) is 22.1. The Balaban J connectivity index is 1.64. The van der Waals surface area contributed by atoms with Crippen molar-refractivity contribution < 1.29 is 19.0 Å². The first-order valence-corrected chi connectivity index (χ1v) is 12.4. The van der Waals surface area contributed by atoms with Gasteiger partial charge < -0.3 is 14.2 Å². The predicted octanol–water partition coefficient (Wildman–Crippen LogP) is 6.50. The first kappa shape index (κ1) is 26.3. The lowest BCUT2D eigenvalue weighted by molar-refractivity contribution is 0.0955. The number of carbonyl (C=O) groups excluding carboxylic acids is 1. The van der Waals surface area contributed by atoms with E-state index in [1.165, 1.54) is 5.56 Å². The van der Waals surface area contributed by atoms with E-state index in [4.69, 9.17) is 14.2 Å². The maximum atomic E-state index is 12.2. The molecule has 0 heterocycles. The van der Waals surface area contributed by atoms with E-state index in [1.807, 2.05) is 25.1 Å². The van der Waals surface area contributed by atoms with Crippen LogP contribution in [-0.2, 0) is 0 Å². The fourth-order valence-electron chi connectivity index (χ4n) is 3.42. The quantitative estimate of drug-likeness (QED) is 0.172. The van der Waals surface area contributed by atoms with E-state index >= 15 is 0 Å². The minimum absolute atomic E-state index is 0.278. The zero-order chi connectivity index (χ0) is 25.2. The molecule has 0 aliphatic rings. The highest BCUT2D eigenvalue weighted by molar-refractivity contribution is 9.10. The number of nitrogens with one attached hydrogen (secondary N) is 1. The molecular weight excluding hydrogens is 508 g/mol. The van der Waals surface area contributed by atoms with Crippen LogP contribution in [0.15, 0.2) is 70.2 Å². The summed E-state index contributed by atoms with van der Waals surface area (Å²) in [5.41, 5.74) is 6.15. The van der Waals surface area contributed by atoms with Gasteiger partial charge in [-0.05, 0) is 82.7 Å². The fraction of sp³-hybridized carbons (Fsp3) is 0.286. The number of hydrogen-bond donors (Lipinski definition) is 1. The summed E-state index contributed by atoms with van der Waals surface area (Å²) in [7, 11) is 0. The molecule has 0 spiro atoms. The lowest BCUT2D eigenvalue weighted by atomic mass is 10.0. The van der Waals surface area contributed by atoms with Crippen molar-refractivity contribution in [2.24, 2.45) is 5.10 Å². The van der Waals surface area contributed by atoms with Crippen molar-refractivity contribution in [1.29, 1.82) is 0 Å². The second kappa shape index (κ2) is 13.0. The molecule has 3 rings (SSSR count). The van der Waals surface area contributed by atoms with Crippen molar-refractivity contribution in [2.45, 2.75) is 33.6 Å². The van der Waals surface area contributed by atoms with Crippen LogP contribution >= 0.6 is 15.9 Å². The van der Waals surface area contributed by atoms with Crippen LogP contribution in [0.4, 0.5) is 0 Å². The molecule has 0 aliphatic carbocycles. The number of aryl methyl sites for hydroxylation is 1. The van der Waals surface area contributed by atoms with Crippen molar-refractivity contribution in [3.8, 4) is 17.2 Å². The molecule has 0 radical (unpaired) electrons. The van der Waals surface area contributed by atoms with Crippen LogP contribution in [-0.4, -0.2) is 31.9 Å². The van der Waals surface area contributed by atoms with Gasteiger partial charge in [0, 0.05) is 5.56 Å². The molecule has 3 aromatic carbocycles. The SMILES string of the molecule is CCOc1cc(/C=N\NC(=O)c2ccccc2)cc(Br)c1OCCOc1cc(C)ccc1C(C)C. The van der Waals surface area contributed by atoms with E-state index in [1.54, 1.807) is 30.5 Å². The van der Waals surface area contributed by atoms with Crippen LogP contribution in [0.3, 0.4) is 0 Å². The fourth-order valence-corrected chi connectivity index (χ4v) is 4.00. The number of nitrogens with zero attached hydrogens (tertiary/aromatic N) is 1. The Hall–Kier alpha value is -3.32. The van der Waals surface area contributed by atoms with Gasteiger partial charge in [0.15, 0.2) is 11.5 Å². The third kappa shape index (κ3) is 7.59. The summed E-state index contributed by atoms with van der Waals surface area (Å²) in [6, 6.07) is 18.9. The predicted molar refractivity (Wildman–Crippen MR) is 143 cm³/mol. The van der Waals surface area contributed by atoms with Crippen LogP contribution in [0.5, 0.6) is 17.2 Å². The second-order valence-electron chi connectivity index (χ2n) is 8.22. The molecule has 35 heavy (non-hydrogen) atoms. The first-order valence-electron chi connectivity index (χ1n) is 11.6. The molecule has 1 N–H and O–H groups in total. The molecule has 0 unspecified atom stereocenters. The van der Waals surface area contributed by atoms with Crippen molar-refractivity contribution in [3.63, 3.8) is 0 Å². The molecule has 3 aromatic rings. The molecule has 0 fully saturated rings. The van der Waals surface area contributed by atoms with Gasteiger partial charge in [-0.25, -0.2) is 5.43 Å². The van der Waals surface area contributed by atoms with E-state index in [2.05, 4.69) is 65.4 Å². The van der Waals surface area contributed by atoms with Crippen LogP contribution in [0.1, 0.15) is 53.7 Å². The number of rotatable bonds is 11. The molecule has 0 atom stereocenters. The normalized spacial score (nSPS) is 11.0. The number of amides is 1. The van der Waals surface area contributed by atoms with E-state index in [9.17, 15) is 4.79 Å². The van der Waals surface area contributed by atoms with Gasteiger partial charge in [0.05, 0.1) is 17.3 Å². The van der Waals surface area contributed by atoms with E-state index < -0.39 is 0 Å². The van der Waals surface area contributed by atoms with Crippen molar-refractivity contribution in [2.75, 3.05) is 19.8 Å². The summed E-state index contributed by atoms with van der Waals surface area (Å²) in [4.78, 5) is 12.2. The third-order valence-corrected chi connectivity index (χ3v) is 5.71. The van der Waals surface area contributed by atoms with E-state index in [0.717, 1.165) is 21.3 Å². The third-order valence-electron chi connectivity index (χ3n) is 5.13. The number of hydrogen-bond acceptors (Lipinski definition) is 5. The molecular formula is C28H31BrN2O4. The van der Waals surface area contributed by atoms with E-state index in [0.29, 0.717) is 42.8 Å². The Bertz CT molecular complexity index is 1160. The second-order valence-corrected chi connectivity index (χ2v) is 9.08. The van der Waals surface area contributed by atoms with Gasteiger partial charge in [-0.15, -0.1) is 0 Å². The van der Waals surface area contributed by atoms with Crippen molar-refractivity contribution >= 4 is 28.1 Å². The summed E-state index contributed by atoms with van der Waals surface area (Å²) >= 11 is 3.57. The zero-order valence-electron chi connectivity index (χ0n) is 20.5. The Morgan fingerprint density at radius 1 is 1.00 bits per heavy atom. The highest BCUT2D eigenvalue weighted by Crippen LogP contribution is 2.36. The van der Waals surface area contributed by atoms with Crippen molar-refractivity contribution in [1.82, 2.24) is 5.43 Å². The van der Waals surface area contributed by atoms with Crippen molar-refractivity contribution in [3.05, 3.63) is 87.4 Å². The molecule has 0 saturated heterocycles. The van der Waals surface area contributed by atoms with Gasteiger partial charge >= 0.3 is 0 Å². The summed E-state index contributed by atoms with van der Waals surface area (Å²) in [6.45, 7) is 9.49. The minimum atomic E-state index is -0.278. The molecule has 0 aromatic heterocycles. The van der Waals surface area contributed by atoms with Gasteiger partial charge in [0.25, 0.3) is 5.91 Å². The number of benzene rings is 3. The Morgan fingerprint density at radius 3 is 2.46 bits per heavy atom. The molecule has 6 nitrogen and oxygen atoms in total. The minimum Gasteiger partial charge on any atom is -0.490 e. The molecule has 0 bridgehead atoms. The average molecular weight is 539 g/mol. The lowest BCUT2D eigenvalue weighted by Crippen LogP contribution is -2.17. The smallest absolute Gasteiger partial charge is 0.271 e. The summed E-state index contributed by atoms with van der Waals surface area (Å²) in [5.74, 6) is 2.15. The van der Waals surface area contributed by atoms with Gasteiger partial charge in [-0.3, -0.25) is 4.79 Å². The number of halogens is 1. The Morgan fingerprint density at radius 2 is 1.74 bits per heavy atom. The number of ether oxygens (including phenoxy) is 3. The summed E-state index contributed by atoms with van der Waals surface area (Å²) in [5, 5.41) is 4.07. The Labute approximate surface area is 215 Å². The highest BCUT2D eigenvalue weighted by Gasteiger charge is 2.13. The van der Waals surface area contributed by atoms with Crippen LogP contribution in [0, 0.1) is 6.92 Å². The van der Waals surface area contributed by atoms with Gasteiger partial charge in [0.1, 0.15) is 19.0 Å². The molecule has 184 valence electrons. The average Bonchev–Trinajstić information content (AvgIpc) is 2.83. The first-order chi connectivity index (χ1) is 16.9. The maximum Gasteiger partial charge on any atom is 0.271 e.